The van der Waals surface area contributed by atoms with Crippen LogP contribution in [0.1, 0.15) is 49.2 Å². The van der Waals surface area contributed by atoms with Gasteiger partial charge in [-0.1, -0.05) is 6.07 Å². The van der Waals surface area contributed by atoms with Crippen LogP contribution in [0.15, 0.2) is 48.7 Å². The molecule has 1 aromatic carbocycles. The van der Waals surface area contributed by atoms with Crippen LogP contribution in [0.5, 0.6) is 0 Å². The lowest BCUT2D eigenvalue weighted by Gasteiger charge is -2.35. The first-order valence-electron chi connectivity index (χ1n) is 13.2. The van der Waals surface area contributed by atoms with Gasteiger partial charge in [0.05, 0.1) is 11.0 Å². The number of H-pyrrole nitrogens is 1. The minimum absolute atomic E-state index is 0.242. The number of aryl methyl sites for hydroxylation is 1. The molecule has 3 aromatic heterocycles. The summed E-state index contributed by atoms with van der Waals surface area (Å²) < 4.78 is 5.51. The fraction of sp³-hybridized carbons (Fsp3) is 0.367. The maximum absolute atomic E-state index is 12.3. The number of piperazine rings is 1. The van der Waals surface area contributed by atoms with Gasteiger partial charge in [0, 0.05) is 56.7 Å². The molecular formula is C30H33N7O2. The summed E-state index contributed by atoms with van der Waals surface area (Å²) in [5.41, 5.74) is 6.66. The first kappa shape index (κ1) is 26.3. The Morgan fingerprint density at radius 2 is 1.85 bits per heavy atom. The molecule has 0 unspecified atom stereocenters. The van der Waals surface area contributed by atoms with Gasteiger partial charge in [-0.15, -0.1) is 0 Å². The molecule has 1 amide bonds. The summed E-state index contributed by atoms with van der Waals surface area (Å²) in [6, 6.07) is 16.1. The average Bonchev–Trinajstić information content (AvgIpc) is 3.29. The summed E-state index contributed by atoms with van der Waals surface area (Å²) >= 11 is 0. The van der Waals surface area contributed by atoms with E-state index < -0.39 is 5.60 Å². The summed E-state index contributed by atoms with van der Waals surface area (Å²) in [4.78, 5) is 33.5. The number of rotatable bonds is 5. The van der Waals surface area contributed by atoms with Gasteiger partial charge >= 0.3 is 6.09 Å². The molecule has 4 aromatic rings. The molecule has 1 N–H and O–H groups in total. The number of fused-ring (bicyclic) bond motifs is 1. The molecule has 5 rings (SSSR count). The third-order valence-corrected chi connectivity index (χ3v) is 6.59. The molecule has 1 saturated heterocycles. The van der Waals surface area contributed by atoms with E-state index >= 15 is 0 Å². The zero-order chi connectivity index (χ0) is 27.6. The van der Waals surface area contributed by atoms with Crippen LogP contribution < -0.4 is 0 Å². The van der Waals surface area contributed by atoms with Gasteiger partial charge in [0.1, 0.15) is 23.2 Å². The number of aromatic nitrogens is 4. The van der Waals surface area contributed by atoms with Crippen LogP contribution >= 0.6 is 0 Å². The number of imidazole rings is 1. The second-order valence-electron chi connectivity index (χ2n) is 11.0. The maximum Gasteiger partial charge on any atom is 0.410 e. The van der Waals surface area contributed by atoms with Crippen molar-refractivity contribution in [2.45, 2.75) is 46.3 Å². The summed E-state index contributed by atoms with van der Waals surface area (Å²) in [6.45, 7) is 11.3. The Morgan fingerprint density at radius 3 is 2.59 bits per heavy atom. The highest BCUT2D eigenvalue weighted by Crippen LogP contribution is 2.25. The van der Waals surface area contributed by atoms with Crippen LogP contribution in [0.3, 0.4) is 0 Å². The molecule has 200 valence electrons. The average molecular weight is 524 g/mol. The minimum Gasteiger partial charge on any atom is -0.444 e. The monoisotopic (exact) mass is 523 g/mol. The number of nitriles is 1. The lowest BCUT2D eigenvalue weighted by molar-refractivity contribution is 0.0139. The van der Waals surface area contributed by atoms with Gasteiger partial charge < -0.3 is 14.6 Å². The first-order valence-corrected chi connectivity index (χ1v) is 13.2. The summed E-state index contributed by atoms with van der Waals surface area (Å²) in [5.74, 6) is 0.849. The van der Waals surface area contributed by atoms with Crippen molar-refractivity contribution in [3.05, 3.63) is 77.1 Å². The zero-order valence-corrected chi connectivity index (χ0v) is 22.9. The number of amides is 1. The highest BCUT2D eigenvalue weighted by Gasteiger charge is 2.25. The van der Waals surface area contributed by atoms with Crippen molar-refractivity contribution in [2.24, 2.45) is 0 Å². The number of ether oxygens (including phenoxy) is 1. The molecule has 0 aliphatic carbocycles. The van der Waals surface area contributed by atoms with Crippen molar-refractivity contribution < 1.29 is 9.53 Å². The standard InChI is InChI=1S/C30H33N7O2/c1-20-13-23(15-25(18-31)33-20)22-5-6-26-27(16-22)35-28(34-26)17-24-14-21(7-8-32-24)19-36-9-11-37(12-10-36)29(38)39-30(2,3)4/h5-8,13-16H,9-12,17,19H2,1-4H3,(H,34,35). The van der Waals surface area contributed by atoms with Crippen molar-refractivity contribution >= 4 is 17.1 Å². The quantitative estimate of drug-likeness (QED) is 0.398. The van der Waals surface area contributed by atoms with Crippen molar-refractivity contribution in [3.63, 3.8) is 0 Å². The smallest absolute Gasteiger partial charge is 0.410 e. The number of benzene rings is 1. The summed E-state index contributed by atoms with van der Waals surface area (Å²) in [7, 11) is 0. The van der Waals surface area contributed by atoms with E-state index in [4.69, 9.17) is 9.72 Å². The van der Waals surface area contributed by atoms with Crippen LogP contribution in [-0.2, 0) is 17.7 Å². The molecule has 0 spiro atoms. The molecule has 0 radical (unpaired) electrons. The normalized spacial score (nSPS) is 14.4. The number of nitrogens with zero attached hydrogens (tertiary/aromatic N) is 6. The fourth-order valence-corrected chi connectivity index (χ4v) is 4.79. The van der Waals surface area contributed by atoms with Crippen molar-refractivity contribution in [3.8, 4) is 17.2 Å². The molecule has 0 atom stereocenters. The fourth-order valence-electron chi connectivity index (χ4n) is 4.79. The molecular weight excluding hydrogens is 490 g/mol. The first-order chi connectivity index (χ1) is 18.6. The largest absolute Gasteiger partial charge is 0.444 e. The Kier molecular flexibility index (Phi) is 7.31. The summed E-state index contributed by atoms with van der Waals surface area (Å²) in [6.07, 6.45) is 2.20. The second-order valence-corrected chi connectivity index (χ2v) is 11.0. The van der Waals surface area contributed by atoms with Gasteiger partial charge in [0.25, 0.3) is 0 Å². The number of nitrogens with one attached hydrogen (secondary N) is 1. The third kappa shape index (κ3) is 6.59. The van der Waals surface area contributed by atoms with Gasteiger partial charge in [-0.3, -0.25) is 9.88 Å². The van der Waals surface area contributed by atoms with Crippen LogP contribution in [0.2, 0.25) is 0 Å². The SMILES string of the molecule is Cc1cc(-c2ccc3nc(Cc4cc(CN5CCN(C(=O)OC(C)(C)C)CC5)ccn4)[nH]c3c2)cc(C#N)n1. The molecule has 1 fully saturated rings. The third-order valence-electron chi connectivity index (χ3n) is 6.59. The molecule has 0 bridgehead atoms. The predicted molar refractivity (Wildman–Crippen MR) is 149 cm³/mol. The van der Waals surface area contributed by atoms with Crippen LogP contribution in [0.25, 0.3) is 22.2 Å². The Bertz CT molecular complexity index is 1540. The number of carbonyl (C=O) groups excluding carboxylic acids is 1. The molecule has 4 heterocycles. The molecule has 39 heavy (non-hydrogen) atoms. The van der Waals surface area contributed by atoms with E-state index in [1.165, 1.54) is 5.56 Å². The van der Waals surface area contributed by atoms with Crippen LogP contribution in [-0.4, -0.2) is 67.6 Å². The van der Waals surface area contributed by atoms with Gasteiger partial charge in [0.2, 0.25) is 0 Å². The molecule has 9 heteroatoms. The highest BCUT2D eigenvalue weighted by molar-refractivity contribution is 5.82. The van der Waals surface area contributed by atoms with Gasteiger partial charge in [-0.05, 0) is 80.8 Å². The van der Waals surface area contributed by atoms with E-state index in [0.717, 1.165) is 59.0 Å². The minimum atomic E-state index is -0.482. The number of hydrogen-bond donors (Lipinski definition) is 1. The molecule has 1 aliphatic heterocycles. The predicted octanol–water partition coefficient (Wildman–Crippen LogP) is 4.84. The molecule has 1 aliphatic rings. The number of carbonyl (C=O) groups is 1. The Balaban J connectivity index is 1.23. The van der Waals surface area contributed by atoms with Crippen LogP contribution in [0.4, 0.5) is 4.79 Å². The van der Waals surface area contributed by atoms with E-state index in [-0.39, 0.29) is 6.09 Å². The Labute approximate surface area is 228 Å². The highest BCUT2D eigenvalue weighted by atomic mass is 16.6. The van der Waals surface area contributed by atoms with Crippen LogP contribution in [0, 0.1) is 18.3 Å². The Hall–Kier alpha value is -4.29. The molecule has 9 nitrogen and oxygen atoms in total. The van der Waals surface area contributed by atoms with Gasteiger partial charge in [-0.25, -0.2) is 14.8 Å². The van der Waals surface area contributed by atoms with E-state index in [2.05, 4.69) is 38.1 Å². The van der Waals surface area contributed by atoms with Gasteiger partial charge in [0.15, 0.2) is 0 Å². The van der Waals surface area contributed by atoms with Gasteiger partial charge in [-0.2, -0.15) is 5.26 Å². The van der Waals surface area contributed by atoms with Crippen molar-refractivity contribution in [1.29, 1.82) is 5.26 Å². The number of aromatic amines is 1. The van der Waals surface area contributed by atoms with E-state index in [0.29, 0.717) is 25.2 Å². The second kappa shape index (κ2) is 10.8. The van der Waals surface area contributed by atoms with E-state index in [9.17, 15) is 10.1 Å². The zero-order valence-electron chi connectivity index (χ0n) is 22.9. The number of hydrogen-bond acceptors (Lipinski definition) is 7. The molecule has 0 saturated carbocycles. The van der Waals surface area contributed by atoms with Crippen molar-refractivity contribution in [1.82, 2.24) is 29.7 Å². The van der Waals surface area contributed by atoms with E-state index in [1.807, 2.05) is 58.2 Å². The lowest BCUT2D eigenvalue weighted by atomic mass is 10.0. The maximum atomic E-state index is 12.3. The van der Waals surface area contributed by atoms with Crippen molar-refractivity contribution in [2.75, 3.05) is 26.2 Å². The number of pyridine rings is 2. The topological polar surface area (TPSA) is 111 Å². The lowest BCUT2D eigenvalue weighted by Crippen LogP contribution is -2.49. The van der Waals surface area contributed by atoms with E-state index in [1.54, 1.807) is 11.0 Å². The summed E-state index contributed by atoms with van der Waals surface area (Å²) in [5, 5.41) is 9.27. The Morgan fingerprint density at radius 1 is 1.05 bits per heavy atom.